The Morgan fingerprint density at radius 2 is 1.85 bits per heavy atom. The molecule has 39 heavy (non-hydrogen) atoms. The summed E-state index contributed by atoms with van der Waals surface area (Å²) in [6, 6.07) is 8.64. The van der Waals surface area contributed by atoms with E-state index < -0.39 is 32.8 Å². The minimum absolute atomic E-state index is 0.133. The summed E-state index contributed by atoms with van der Waals surface area (Å²) in [5.74, 6) is -0.722. The van der Waals surface area contributed by atoms with Crippen molar-refractivity contribution in [1.29, 1.82) is 0 Å². The number of aryl methyl sites for hydroxylation is 2. The van der Waals surface area contributed by atoms with E-state index in [0.717, 1.165) is 37.0 Å². The van der Waals surface area contributed by atoms with Gasteiger partial charge in [0.15, 0.2) is 0 Å². The molecule has 0 saturated heterocycles. The van der Waals surface area contributed by atoms with Crippen molar-refractivity contribution in [3.63, 3.8) is 0 Å². The van der Waals surface area contributed by atoms with Crippen LogP contribution in [0, 0.1) is 29.2 Å². The van der Waals surface area contributed by atoms with Crippen molar-refractivity contribution in [3.05, 3.63) is 85.5 Å². The predicted molar refractivity (Wildman–Crippen MR) is 154 cm³/mol. The van der Waals surface area contributed by atoms with Gasteiger partial charge in [0, 0.05) is 0 Å². The first kappa shape index (κ1) is 31.3. The van der Waals surface area contributed by atoms with Gasteiger partial charge in [-0.25, -0.2) is 0 Å². The summed E-state index contributed by atoms with van der Waals surface area (Å²) in [4.78, 5) is 11.7. The van der Waals surface area contributed by atoms with E-state index in [1.54, 1.807) is 11.3 Å². The number of pyridine rings is 1. The van der Waals surface area contributed by atoms with Crippen LogP contribution in [0.2, 0.25) is 5.02 Å². The number of hydrogen-bond acceptors (Lipinski definition) is 6. The Kier molecular flexibility index (Phi) is 11.2. The molecule has 5 nitrogen and oxygen atoms in total. The Labute approximate surface area is 248 Å². The van der Waals surface area contributed by atoms with Crippen molar-refractivity contribution < 1.29 is 34.7 Å². The number of halogens is 4. The Morgan fingerprint density at radius 1 is 1.13 bits per heavy atom. The zero-order chi connectivity index (χ0) is 28.9. The van der Waals surface area contributed by atoms with Crippen molar-refractivity contribution in [2.75, 3.05) is 25.3 Å². The second-order valence-corrected chi connectivity index (χ2v) is 13.1. The molecule has 1 atom stereocenters. The van der Waals surface area contributed by atoms with E-state index in [1.165, 1.54) is 28.9 Å². The minimum atomic E-state index is -0.786. The van der Waals surface area contributed by atoms with E-state index >= 15 is 0 Å². The van der Waals surface area contributed by atoms with Gasteiger partial charge in [-0.15, -0.1) is 13.2 Å². The normalized spacial score (nSPS) is 13.9. The summed E-state index contributed by atoms with van der Waals surface area (Å²) in [6.45, 7) is 13.6. The number of fused-ring (bicyclic) bond motifs is 2. The molecular weight excluding hydrogens is 653 g/mol. The zero-order valence-corrected chi connectivity index (χ0v) is 26.5. The summed E-state index contributed by atoms with van der Waals surface area (Å²) < 4.78 is 37.4. The van der Waals surface area contributed by atoms with Gasteiger partial charge in [-0.05, 0) is 7.05 Å². The number of nitrogens with zero attached hydrogens (tertiary/aromatic N) is 3. The first-order valence-corrected chi connectivity index (χ1v) is 16.0. The molecule has 4 aromatic rings. The van der Waals surface area contributed by atoms with E-state index in [1.807, 2.05) is 6.92 Å². The molecule has 10 heteroatoms. The van der Waals surface area contributed by atoms with Crippen molar-refractivity contribution >= 4 is 33.2 Å². The van der Waals surface area contributed by atoms with E-state index in [9.17, 15) is 8.78 Å². The Bertz CT molecular complexity index is 1470. The number of hydrogen-bond donors (Lipinski definition) is 1. The molecule has 1 unspecified atom stereocenters. The van der Waals surface area contributed by atoms with Crippen LogP contribution in [0.15, 0.2) is 43.5 Å². The molecule has 2 N–H and O–H groups in total. The van der Waals surface area contributed by atoms with E-state index in [0.29, 0.717) is 18.1 Å². The fourth-order valence-electron chi connectivity index (χ4n) is 4.28. The summed E-state index contributed by atoms with van der Waals surface area (Å²) >= 11 is 7.20. The van der Waals surface area contributed by atoms with Gasteiger partial charge in [0.25, 0.3) is 0 Å². The third-order valence-electron chi connectivity index (χ3n) is 5.95. The number of rotatable bonds is 6. The standard InChI is InChI=1S/C26H24ClF2IN3OS.C2H4.CH5N/c1-13-5-16(6-22-24(13)31-15(3)35-22)10-33(4)12-30-23-8-17-14(2)11-34-26(17)25(32-23)18-7-19(27)21(29)9-20(18)28;2*1-2/h5-9,14H,10-12H2,1-4H3;1-2H2;2H2,1H3/q-1;;. The Hall–Kier alpha value is -2.18. The van der Waals surface area contributed by atoms with Gasteiger partial charge in [-0.3, -0.25) is 0 Å². The number of aromatic nitrogens is 2. The van der Waals surface area contributed by atoms with Crippen LogP contribution in [0.4, 0.5) is 8.78 Å². The molecule has 3 heterocycles. The van der Waals surface area contributed by atoms with Crippen molar-refractivity contribution in [2.45, 2.75) is 33.2 Å². The summed E-state index contributed by atoms with van der Waals surface area (Å²) in [7, 11) is 3.61. The van der Waals surface area contributed by atoms with Gasteiger partial charge < -0.3 is 5.73 Å². The fraction of sp³-hybridized carbons (Fsp3) is 0.310. The van der Waals surface area contributed by atoms with Gasteiger partial charge >= 0.3 is 224 Å². The average Bonchev–Trinajstić information content (AvgIpc) is 3.49. The Balaban J connectivity index is 0.00000100. The summed E-state index contributed by atoms with van der Waals surface area (Å²) in [5, 5.41) is 0.946. The average molecular weight is 686 g/mol. The van der Waals surface area contributed by atoms with Crippen LogP contribution in [-0.2, 0) is 6.54 Å². The maximum atomic E-state index is 14.7. The van der Waals surface area contributed by atoms with Crippen LogP contribution in [0.3, 0.4) is 0 Å². The number of thiazole rings is 1. The number of nitrogens with two attached hydrogens (primary N) is 1. The third-order valence-corrected chi connectivity index (χ3v) is 10.00. The van der Waals surface area contributed by atoms with Gasteiger partial charge in [0.05, 0.1) is 0 Å². The molecule has 0 aliphatic carbocycles. The molecule has 5 rings (SSSR count). The number of alkyl halides is 1. The molecule has 2 aromatic carbocycles. The topological polar surface area (TPSA) is 64.3 Å². The molecule has 210 valence electrons. The van der Waals surface area contributed by atoms with Crippen molar-refractivity contribution in [2.24, 2.45) is 5.73 Å². The molecule has 1 aliphatic rings. The molecule has 0 saturated carbocycles. The second kappa shape index (κ2) is 13.9. The molecule has 1 aliphatic heterocycles. The maximum absolute atomic E-state index is 14.7. The van der Waals surface area contributed by atoms with Gasteiger partial charge in [-0.1, -0.05) is 0 Å². The van der Waals surface area contributed by atoms with Crippen LogP contribution in [0.1, 0.15) is 34.5 Å². The summed E-state index contributed by atoms with van der Waals surface area (Å²) in [5.41, 5.74) is 9.65. The van der Waals surface area contributed by atoms with Gasteiger partial charge in [0.2, 0.25) is 0 Å². The molecule has 0 amide bonds. The number of benzene rings is 2. The third kappa shape index (κ3) is 7.13. The van der Waals surface area contributed by atoms with Gasteiger partial charge in [-0.2, -0.15) is 0 Å². The fourth-order valence-corrected chi connectivity index (χ4v) is 7.55. The Morgan fingerprint density at radius 3 is 2.56 bits per heavy atom. The SMILES string of the molecule is C=C.CN.Cc1nc2c(C)cc(CN(C)C[I-]c3cc4c(c(-c5cc(Cl)c(F)cc5F)n3)OCC4C)cc2s1. The monoisotopic (exact) mass is 685 g/mol. The van der Waals surface area contributed by atoms with E-state index in [2.05, 4.69) is 67.9 Å². The molecule has 0 spiro atoms. The van der Waals surface area contributed by atoms with Gasteiger partial charge in [0.1, 0.15) is 0 Å². The van der Waals surface area contributed by atoms with E-state index in [-0.39, 0.29) is 16.5 Å². The van der Waals surface area contributed by atoms with Crippen molar-refractivity contribution in [3.8, 4) is 17.0 Å². The zero-order valence-electron chi connectivity index (χ0n) is 22.7. The molecule has 0 fully saturated rings. The van der Waals surface area contributed by atoms with Crippen LogP contribution in [0.5, 0.6) is 5.75 Å². The van der Waals surface area contributed by atoms with Crippen LogP contribution in [-0.4, -0.2) is 40.1 Å². The molecule has 0 radical (unpaired) electrons. The molecule has 0 bridgehead atoms. The van der Waals surface area contributed by atoms with Crippen molar-refractivity contribution in [1.82, 2.24) is 14.9 Å². The molecule has 2 aromatic heterocycles. The van der Waals surface area contributed by atoms with E-state index in [4.69, 9.17) is 21.3 Å². The molecular formula is C29H33ClF2IN4OS-. The first-order chi connectivity index (χ1) is 18.7. The van der Waals surface area contributed by atoms with Crippen LogP contribution >= 0.6 is 22.9 Å². The first-order valence-electron chi connectivity index (χ1n) is 12.2. The van der Waals surface area contributed by atoms with Crippen LogP contribution in [0.25, 0.3) is 21.5 Å². The number of ether oxygens (including phenoxy) is 1. The quantitative estimate of drug-likeness (QED) is 0.0827. The predicted octanol–water partition coefficient (Wildman–Crippen LogP) is 4.13. The second-order valence-electron chi connectivity index (χ2n) is 8.93. The summed E-state index contributed by atoms with van der Waals surface area (Å²) in [6.07, 6.45) is 0. The van der Waals surface area contributed by atoms with Crippen LogP contribution < -0.4 is 31.7 Å².